The minimum atomic E-state index is 0.392. The predicted octanol–water partition coefficient (Wildman–Crippen LogP) is 3.82. The molecule has 82 valence electrons. The zero-order chi connectivity index (χ0) is 10.8. The van der Waals surface area contributed by atoms with E-state index in [1.54, 1.807) is 0 Å². The molecule has 0 saturated heterocycles. The van der Waals surface area contributed by atoms with Gasteiger partial charge in [-0.25, -0.2) is 0 Å². The van der Waals surface area contributed by atoms with Crippen molar-refractivity contribution in [3.63, 3.8) is 0 Å². The van der Waals surface area contributed by atoms with Crippen molar-refractivity contribution in [2.45, 2.75) is 59.8 Å². The Bertz CT molecular complexity index is 203. The van der Waals surface area contributed by atoms with E-state index in [9.17, 15) is 4.79 Å². The maximum atomic E-state index is 11.4. The molecule has 0 aromatic carbocycles. The Kier molecular flexibility index (Phi) is 3.74. The molecule has 1 nitrogen and oxygen atoms in total. The van der Waals surface area contributed by atoms with Crippen LogP contribution in [0.3, 0.4) is 0 Å². The van der Waals surface area contributed by atoms with Crippen molar-refractivity contribution in [2.24, 2.45) is 17.3 Å². The highest BCUT2D eigenvalue weighted by atomic mass is 16.1. The first-order valence-electron chi connectivity index (χ1n) is 5.93. The maximum Gasteiger partial charge on any atom is 0.133 e. The lowest BCUT2D eigenvalue weighted by Gasteiger charge is -2.38. The molecule has 1 aliphatic rings. The van der Waals surface area contributed by atoms with Crippen LogP contribution in [0.5, 0.6) is 0 Å². The molecule has 0 unspecified atom stereocenters. The van der Waals surface area contributed by atoms with Gasteiger partial charge in [0.1, 0.15) is 5.78 Å². The van der Waals surface area contributed by atoms with E-state index in [0.717, 1.165) is 25.2 Å². The molecule has 0 aliphatic heterocycles. The van der Waals surface area contributed by atoms with Gasteiger partial charge in [0, 0.05) is 12.8 Å². The van der Waals surface area contributed by atoms with Crippen LogP contribution in [-0.4, -0.2) is 5.78 Å². The van der Waals surface area contributed by atoms with Gasteiger partial charge in [0.15, 0.2) is 0 Å². The molecule has 0 spiro atoms. The van der Waals surface area contributed by atoms with Crippen molar-refractivity contribution in [1.29, 1.82) is 0 Å². The summed E-state index contributed by atoms with van der Waals surface area (Å²) in [4.78, 5) is 11.4. The molecule has 0 amide bonds. The van der Waals surface area contributed by atoms with E-state index >= 15 is 0 Å². The summed E-state index contributed by atoms with van der Waals surface area (Å²) in [6.07, 6.45) is 5.23. The van der Waals surface area contributed by atoms with Gasteiger partial charge in [-0.05, 0) is 30.1 Å². The molecule has 1 heteroatoms. The van der Waals surface area contributed by atoms with Crippen molar-refractivity contribution in [3.05, 3.63) is 0 Å². The van der Waals surface area contributed by atoms with E-state index in [1.807, 2.05) is 0 Å². The molecule has 0 radical (unpaired) electrons. The summed E-state index contributed by atoms with van der Waals surface area (Å²) < 4.78 is 0. The number of carbonyl (C=O) groups is 1. The molecule has 0 bridgehead atoms. The molecule has 1 saturated carbocycles. The quantitative estimate of drug-likeness (QED) is 0.670. The van der Waals surface area contributed by atoms with Gasteiger partial charge in [0.2, 0.25) is 0 Å². The van der Waals surface area contributed by atoms with Gasteiger partial charge in [0.25, 0.3) is 0 Å². The summed E-state index contributed by atoms with van der Waals surface area (Å²) in [5.74, 6) is 1.88. The molecular formula is C13H24O. The topological polar surface area (TPSA) is 17.1 Å². The summed E-state index contributed by atoms with van der Waals surface area (Å²) in [5, 5.41) is 0. The smallest absolute Gasteiger partial charge is 0.133 e. The van der Waals surface area contributed by atoms with Crippen LogP contribution in [0.4, 0.5) is 0 Å². The van der Waals surface area contributed by atoms with Crippen molar-refractivity contribution >= 4 is 5.78 Å². The third kappa shape index (κ3) is 3.11. The second-order valence-electron chi connectivity index (χ2n) is 5.90. The molecule has 0 aromatic rings. The van der Waals surface area contributed by atoms with Crippen LogP contribution in [0.1, 0.15) is 59.8 Å². The number of carbonyl (C=O) groups excluding carboxylic acids is 1. The van der Waals surface area contributed by atoms with Gasteiger partial charge in [-0.15, -0.1) is 0 Å². The Labute approximate surface area is 88.3 Å². The molecule has 0 aromatic heterocycles. The van der Waals surface area contributed by atoms with Crippen LogP contribution in [0.25, 0.3) is 0 Å². The third-order valence-electron chi connectivity index (χ3n) is 3.72. The lowest BCUT2D eigenvalue weighted by Crippen LogP contribution is -2.32. The van der Waals surface area contributed by atoms with E-state index in [-0.39, 0.29) is 0 Å². The Morgan fingerprint density at radius 1 is 1.43 bits per heavy atom. The van der Waals surface area contributed by atoms with E-state index in [2.05, 4.69) is 27.7 Å². The SMILES string of the molecule is CC(C)CC[C@H]1CC(=O)CCC1(C)C. The summed E-state index contributed by atoms with van der Waals surface area (Å²) >= 11 is 0. The lowest BCUT2D eigenvalue weighted by molar-refractivity contribution is -0.124. The highest BCUT2D eigenvalue weighted by Gasteiger charge is 2.34. The van der Waals surface area contributed by atoms with Crippen molar-refractivity contribution in [3.8, 4) is 0 Å². The zero-order valence-electron chi connectivity index (χ0n) is 10.1. The first-order chi connectivity index (χ1) is 6.42. The van der Waals surface area contributed by atoms with Crippen LogP contribution < -0.4 is 0 Å². The standard InChI is InChI=1S/C13H24O/c1-10(2)5-6-11-9-12(14)7-8-13(11,3)4/h10-11H,5-9H2,1-4H3/t11-/m0/s1. The lowest BCUT2D eigenvalue weighted by atomic mass is 9.66. The Morgan fingerprint density at radius 2 is 2.07 bits per heavy atom. The van der Waals surface area contributed by atoms with Crippen LogP contribution in [0.15, 0.2) is 0 Å². The van der Waals surface area contributed by atoms with Gasteiger partial charge >= 0.3 is 0 Å². The monoisotopic (exact) mass is 196 g/mol. The minimum Gasteiger partial charge on any atom is -0.300 e. The van der Waals surface area contributed by atoms with Crippen LogP contribution >= 0.6 is 0 Å². The normalized spacial score (nSPS) is 26.9. The van der Waals surface area contributed by atoms with Crippen molar-refractivity contribution in [2.75, 3.05) is 0 Å². The maximum absolute atomic E-state index is 11.4. The number of ketones is 1. The molecule has 1 rings (SSSR count). The van der Waals surface area contributed by atoms with E-state index < -0.39 is 0 Å². The van der Waals surface area contributed by atoms with Gasteiger partial charge in [0.05, 0.1) is 0 Å². The average molecular weight is 196 g/mol. The Hall–Kier alpha value is -0.330. The number of Topliss-reactive ketones (excluding diaryl/α,β-unsaturated/α-hetero) is 1. The van der Waals surface area contributed by atoms with Gasteiger partial charge in [-0.3, -0.25) is 4.79 Å². The fourth-order valence-electron chi connectivity index (χ4n) is 2.35. The molecule has 1 fully saturated rings. The molecule has 1 aliphatic carbocycles. The largest absolute Gasteiger partial charge is 0.300 e. The second kappa shape index (κ2) is 4.46. The number of hydrogen-bond acceptors (Lipinski definition) is 1. The Balaban J connectivity index is 2.50. The second-order valence-corrected chi connectivity index (χ2v) is 5.90. The third-order valence-corrected chi connectivity index (χ3v) is 3.72. The highest BCUT2D eigenvalue weighted by molar-refractivity contribution is 5.79. The number of hydrogen-bond donors (Lipinski definition) is 0. The van der Waals surface area contributed by atoms with Crippen LogP contribution in [-0.2, 0) is 4.79 Å². The summed E-state index contributed by atoms with van der Waals surface area (Å²) in [5.41, 5.74) is 0.392. The first kappa shape index (κ1) is 11.7. The fraction of sp³-hybridized carbons (Fsp3) is 0.923. The fourth-order valence-corrected chi connectivity index (χ4v) is 2.35. The van der Waals surface area contributed by atoms with Crippen molar-refractivity contribution < 1.29 is 4.79 Å². The van der Waals surface area contributed by atoms with Crippen molar-refractivity contribution in [1.82, 2.24) is 0 Å². The van der Waals surface area contributed by atoms with Crippen LogP contribution in [0.2, 0.25) is 0 Å². The first-order valence-corrected chi connectivity index (χ1v) is 5.93. The average Bonchev–Trinajstić information content (AvgIpc) is 2.07. The van der Waals surface area contributed by atoms with Crippen LogP contribution in [0, 0.1) is 17.3 Å². The van der Waals surface area contributed by atoms with E-state index in [1.165, 1.54) is 12.8 Å². The Morgan fingerprint density at radius 3 is 2.64 bits per heavy atom. The molecule has 1 atom stereocenters. The summed E-state index contributed by atoms with van der Waals surface area (Å²) in [6, 6.07) is 0. The van der Waals surface area contributed by atoms with Gasteiger partial charge in [-0.2, -0.15) is 0 Å². The summed E-state index contributed by atoms with van der Waals surface area (Å²) in [7, 11) is 0. The molecular weight excluding hydrogens is 172 g/mol. The minimum absolute atomic E-state index is 0.392. The van der Waals surface area contributed by atoms with Gasteiger partial charge in [-0.1, -0.05) is 34.1 Å². The zero-order valence-corrected chi connectivity index (χ0v) is 10.1. The molecule has 0 heterocycles. The highest BCUT2D eigenvalue weighted by Crippen LogP contribution is 2.41. The van der Waals surface area contributed by atoms with Gasteiger partial charge < -0.3 is 0 Å². The number of rotatable bonds is 3. The predicted molar refractivity (Wildman–Crippen MR) is 60.2 cm³/mol. The molecule has 14 heavy (non-hydrogen) atoms. The van der Waals surface area contributed by atoms with E-state index in [4.69, 9.17) is 0 Å². The summed E-state index contributed by atoms with van der Waals surface area (Å²) in [6.45, 7) is 9.17. The van der Waals surface area contributed by atoms with E-state index in [0.29, 0.717) is 17.1 Å². The molecule has 0 N–H and O–H groups in total.